The van der Waals surface area contributed by atoms with Crippen LogP contribution in [0.4, 0.5) is 5.69 Å². The number of guanidine groups is 1. The van der Waals surface area contributed by atoms with E-state index in [2.05, 4.69) is 32.3 Å². The molecule has 0 aliphatic carbocycles. The smallest absolute Gasteiger partial charge is 0.242 e. The third-order valence-electron chi connectivity index (χ3n) is 5.92. The number of piperidine rings is 1. The Morgan fingerprint density at radius 2 is 1.74 bits per heavy atom. The van der Waals surface area contributed by atoms with Crippen LogP contribution in [0.2, 0.25) is 5.02 Å². The zero-order valence-electron chi connectivity index (χ0n) is 18.6. The maximum absolute atomic E-state index is 12.7. The third-order valence-corrected chi connectivity index (χ3v) is 6.18. The van der Waals surface area contributed by atoms with Gasteiger partial charge in [0.15, 0.2) is 5.96 Å². The van der Waals surface area contributed by atoms with Crippen molar-refractivity contribution in [3.8, 4) is 0 Å². The molecule has 0 unspecified atom stereocenters. The zero-order valence-corrected chi connectivity index (χ0v) is 21.7. The summed E-state index contributed by atoms with van der Waals surface area (Å²) in [6.45, 7) is 9.04. The first-order valence-corrected chi connectivity index (χ1v) is 11.4. The highest BCUT2D eigenvalue weighted by Crippen LogP contribution is 2.19. The fourth-order valence-electron chi connectivity index (χ4n) is 4.14. The number of benzene rings is 1. The van der Waals surface area contributed by atoms with Gasteiger partial charge in [0.05, 0.1) is 6.54 Å². The van der Waals surface area contributed by atoms with E-state index < -0.39 is 0 Å². The number of carbonyl (C=O) groups excluding carboxylic acids is 1. The number of aliphatic imine (C=N–C) groups is 1. The van der Waals surface area contributed by atoms with Gasteiger partial charge in [0.2, 0.25) is 5.91 Å². The van der Waals surface area contributed by atoms with Crippen molar-refractivity contribution >= 4 is 53.1 Å². The van der Waals surface area contributed by atoms with E-state index in [0.717, 1.165) is 68.8 Å². The molecule has 0 radical (unpaired) electrons. The van der Waals surface area contributed by atoms with Crippen molar-refractivity contribution in [2.24, 2.45) is 4.99 Å². The molecule has 9 heteroatoms. The minimum absolute atomic E-state index is 0. The molecule has 1 aromatic rings. The lowest BCUT2D eigenvalue weighted by atomic mass is 10.1. The maximum atomic E-state index is 12.7. The fraction of sp³-hybridized carbons (Fsp3) is 0.636. The Morgan fingerprint density at radius 1 is 1.10 bits per heavy atom. The largest absolute Gasteiger partial charge is 0.368 e. The topological polar surface area (TPSA) is 63.2 Å². The van der Waals surface area contributed by atoms with E-state index in [9.17, 15) is 4.79 Å². The summed E-state index contributed by atoms with van der Waals surface area (Å²) in [5.41, 5.74) is 1.15. The number of nitrogens with zero attached hydrogens (tertiary/aromatic N) is 4. The maximum Gasteiger partial charge on any atom is 0.242 e. The second-order valence-corrected chi connectivity index (χ2v) is 8.47. The van der Waals surface area contributed by atoms with Crippen molar-refractivity contribution in [2.75, 3.05) is 64.3 Å². The van der Waals surface area contributed by atoms with Gasteiger partial charge in [-0.2, -0.15) is 0 Å². The van der Waals surface area contributed by atoms with Crippen LogP contribution >= 0.6 is 35.6 Å². The second kappa shape index (κ2) is 13.3. The highest BCUT2D eigenvalue weighted by molar-refractivity contribution is 14.0. The van der Waals surface area contributed by atoms with Crippen LogP contribution in [-0.4, -0.2) is 87.1 Å². The number of likely N-dealkylation sites (tertiary alicyclic amines) is 1. The molecular formula is C22H36ClIN6O. The van der Waals surface area contributed by atoms with Gasteiger partial charge in [-0.05, 0) is 50.1 Å². The van der Waals surface area contributed by atoms with Gasteiger partial charge in [0.25, 0.3) is 0 Å². The van der Waals surface area contributed by atoms with E-state index in [1.807, 2.05) is 29.2 Å². The average molecular weight is 563 g/mol. The highest BCUT2D eigenvalue weighted by atomic mass is 127. The van der Waals surface area contributed by atoms with Crippen LogP contribution in [0.3, 0.4) is 0 Å². The third kappa shape index (κ3) is 7.98. The number of anilines is 1. The lowest BCUT2D eigenvalue weighted by molar-refractivity contribution is -0.130. The fourth-order valence-corrected chi connectivity index (χ4v) is 4.27. The average Bonchev–Trinajstić information content (AvgIpc) is 2.78. The van der Waals surface area contributed by atoms with Crippen molar-refractivity contribution in [3.05, 3.63) is 29.3 Å². The molecule has 2 N–H and O–H groups in total. The van der Waals surface area contributed by atoms with Crippen LogP contribution in [0.1, 0.15) is 26.2 Å². The molecule has 174 valence electrons. The summed E-state index contributed by atoms with van der Waals surface area (Å²) in [6.07, 6.45) is 3.43. The molecule has 0 spiro atoms. The molecule has 2 aliphatic heterocycles. The number of hydrogen-bond donors (Lipinski definition) is 2. The minimum Gasteiger partial charge on any atom is -0.368 e. The Labute approximate surface area is 208 Å². The van der Waals surface area contributed by atoms with Gasteiger partial charge in [0, 0.05) is 63.1 Å². The highest BCUT2D eigenvalue weighted by Gasteiger charge is 2.22. The van der Waals surface area contributed by atoms with E-state index in [1.165, 1.54) is 13.0 Å². The van der Waals surface area contributed by atoms with Crippen LogP contribution in [-0.2, 0) is 4.79 Å². The van der Waals surface area contributed by atoms with Crippen molar-refractivity contribution in [1.29, 1.82) is 0 Å². The molecule has 2 aliphatic rings. The summed E-state index contributed by atoms with van der Waals surface area (Å²) in [7, 11) is 1.76. The predicted octanol–water partition coefficient (Wildman–Crippen LogP) is 2.65. The standard InChI is InChI=1S/C22H35ClN6O.HI/c1-3-10-27-11-8-19(9-12-27)26-22(24-2)25-17-21(30)29-15-13-28(14-16-29)20-6-4-18(23)5-7-20;/h4-7,19H,3,8-17H2,1-2H3,(H2,24,25,26);1H. The van der Waals surface area contributed by atoms with Crippen molar-refractivity contribution in [1.82, 2.24) is 20.4 Å². The molecule has 1 amide bonds. The quantitative estimate of drug-likeness (QED) is 0.317. The van der Waals surface area contributed by atoms with Crippen LogP contribution in [0, 0.1) is 0 Å². The lowest BCUT2D eigenvalue weighted by Gasteiger charge is -2.36. The molecule has 2 heterocycles. The Balaban J connectivity index is 0.00000341. The molecule has 1 aromatic carbocycles. The molecule has 0 aromatic heterocycles. The molecule has 3 rings (SSSR count). The molecular weight excluding hydrogens is 527 g/mol. The van der Waals surface area contributed by atoms with Gasteiger partial charge in [-0.15, -0.1) is 24.0 Å². The van der Waals surface area contributed by atoms with Gasteiger partial charge in [-0.1, -0.05) is 18.5 Å². The number of hydrogen-bond acceptors (Lipinski definition) is 4. The van der Waals surface area contributed by atoms with E-state index in [1.54, 1.807) is 7.05 Å². The number of rotatable bonds is 6. The van der Waals surface area contributed by atoms with E-state index >= 15 is 0 Å². The number of nitrogens with one attached hydrogen (secondary N) is 2. The first-order chi connectivity index (χ1) is 14.6. The van der Waals surface area contributed by atoms with Gasteiger partial charge in [-0.25, -0.2) is 0 Å². The zero-order chi connectivity index (χ0) is 21.3. The summed E-state index contributed by atoms with van der Waals surface area (Å²) in [4.78, 5) is 23.7. The van der Waals surface area contributed by atoms with Crippen molar-refractivity contribution in [2.45, 2.75) is 32.2 Å². The Kier molecular flexibility index (Phi) is 11.2. The molecule has 0 saturated carbocycles. The van der Waals surface area contributed by atoms with Gasteiger partial charge < -0.3 is 25.3 Å². The summed E-state index contributed by atoms with van der Waals surface area (Å²) < 4.78 is 0. The molecule has 0 atom stereocenters. The SMILES string of the molecule is CCCN1CCC(NC(=NC)NCC(=O)N2CCN(c3ccc(Cl)cc3)CC2)CC1.I. The monoisotopic (exact) mass is 562 g/mol. The molecule has 0 bridgehead atoms. The van der Waals surface area contributed by atoms with Crippen LogP contribution in [0.15, 0.2) is 29.3 Å². The number of amides is 1. The first-order valence-electron chi connectivity index (χ1n) is 11.1. The van der Waals surface area contributed by atoms with Crippen molar-refractivity contribution in [3.63, 3.8) is 0 Å². The van der Waals surface area contributed by atoms with E-state index in [0.29, 0.717) is 6.04 Å². The molecule has 7 nitrogen and oxygen atoms in total. The number of carbonyl (C=O) groups is 1. The van der Waals surface area contributed by atoms with E-state index in [-0.39, 0.29) is 36.4 Å². The Morgan fingerprint density at radius 3 is 2.32 bits per heavy atom. The van der Waals surface area contributed by atoms with Gasteiger partial charge in [0.1, 0.15) is 0 Å². The molecule has 2 fully saturated rings. The number of piperazine rings is 1. The lowest BCUT2D eigenvalue weighted by Crippen LogP contribution is -2.53. The summed E-state index contributed by atoms with van der Waals surface area (Å²) in [6, 6.07) is 8.30. The van der Waals surface area contributed by atoms with Crippen LogP contribution in [0.5, 0.6) is 0 Å². The Hall–Kier alpha value is -1.26. The normalized spacial score (nSPS) is 18.5. The summed E-state index contributed by atoms with van der Waals surface area (Å²) in [5.74, 6) is 0.837. The van der Waals surface area contributed by atoms with Gasteiger partial charge in [-0.3, -0.25) is 9.79 Å². The van der Waals surface area contributed by atoms with Gasteiger partial charge >= 0.3 is 0 Å². The summed E-state index contributed by atoms with van der Waals surface area (Å²) in [5, 5.41) is 7.43. The Bertz CT molecular complexity index is 700. The molecule has 31 heavy (non-hydrogen) atoms. The first kappa shape index (κ1) is 26.0. The molecule has 2 saturated heterocycles. The van der Waals surface area contributed by atoms with Crippen molar-refractivity contribution < 1.29 is 4.79 Å². The summed E-state index contributed by atoms with van der Waals surface area (Å²) >= 11 is 5.97. The number of halogens is 2. The predicted molar refractivity (Wildman–Crippen MR) is 140 cm³/mol. The second-order valence-electron chi connectivity index (χ2n) is 8.03. The van der Waals surface area contributed by atoms with Crippen LogP contribution < -0.4 is 15.5 Å². The van der Waals surface area contributed by atoms with E-state index in [4.69, 9.17) is 11.6 Å². The minimum atomic E-state index is 0. The van der Waals surface area contributed by atoms with Crippen LogP contribution in [0.25, 0.3) is 0 Å².